The van der Waals surface area contributed by atoms with Crippen molar-refractivity contribution in [1.29, 1.82) is 0 Å². The van der Waals surface area contributed by atoms with Crippen LogP contribution >= 0.6 is 0 Å². The molecule has 0 saturated carbocycles. The molecular formula is C15H23NO3. The fraction of sp³-hybridized carbons (Fsp3) is 0.600. The van der Waals surface area contributed by atoms with E-state index in [-0.39, 0.29) is 12.6 Å². The molecule has 1 heterocycles. The van der Waals surface area contributed by atoms with Gasteiger partial charge in [-0.05, 0) is 17.9 Å². The highest BCUT2D eigenvalue weighted by atomic mass is 16.3. The maximum atomic E-state index is 9.77. The molecule has 1 aliphatic heterocycles. The van der Waals surface area contributed by atoms with E-state index >= 15 is 0 Å². The maximum absolute atomic E-state index is 9.77. The Kier molecular flexibility index (Phi) is 4.93. The number of likely N-dealkylation sites (tertiary alicyclic amines) is 1. The van der Waals surface area contributed by atoms with Crippen LogP contribution in [0.1, 0.15) is 24.8 Å². The normalized spacial score (nSPS) is 30.2. The standard InChI is InChI=1S/C15H23NO3/c1-11(12-5-3-2-4-6-12)8-16-9-15(19)14(18)7-13(16)10-17/h2-6,11,13-15,17-19H,7-10H2,1H3/t11?,13-,14?,15+/m1/s1. The topological polar surface area (TPSA) is 63.9 Å². The molecule has 1 aromatic carbocycles. The molecule has 0 radical (unpaired) electrons. The van der Waals surface area contributed by atoms with Crippen molar-refractivity contribution in [2.24, 2.45) is 0 Å². The van der Waals surface area contributed by atoms with E-state index in [0.29, 0.717) is 18.9 Å². The van der Waals surface area contributed by atoms with Gasteiger partial charge < -0.3 is 15.3 Å². The average molecular weight is 265 g/mol. The quantitative estimate of drug-likeness (QED) is 0.745. The number of hydrogen-bond acceptors (Lipinski definition) is 4. The van der Waals surface area contributed by atoms with Gasteiger partial charge in [-0.3, -0.25) is 4.90 Å². The van der Waals surface area contributed by atoms with Crippen LogP contribution in [0.15, 0.2) is 30.3 Å². The van der Waals surface area contributed by atoms with Crippen LogP contribution in [0, 0.1) is 0 Å². The second-order valence-electron chi connectivity index (χ2n) is 5.47. The number of aliphatic hydroxyl groups excluding tert-OH is 3. The fourth-order valence-electron chi connectivity index (χ4n) is 2.75. The number of rotatable bonds is 4. The van der Waals surface area contributed by atoms with Crippen LogP contribution in [0.2, 0.25) is 0 Å². The molecule has 0 bridgehead atoms. The van der Waals surface area contributed by atoms with E-state index in [1.54, 1.807) is 0 Å². The second-order valence-corrected chi connectivity index (χ2v) is 5.47. The predicted molar refractivity (Wildman–Crippen MR) is 73.9 cm³/mol. The van der Waals surface area contributed by atoms with Crippen molar-refractivity contribution < 1.29 is 15.3 Å². The number of piperidine rings is 1. The summed E-state index contributed by atoms with van der Waals surface area (Å²) in [7, 11) is 0. The van der Waals surface area contributed by atoms with Gasteiger partial charge in [0.1, 0.15) is 0 Å². The lowest BCUT2D eigenvalue weighted by atomic mass is 9.94. The van der Waals surface area contributed by atoms with Gasteiger partial charge in [-0.2, -0.15) is 0 Å². The zero-order valence-corrected chi connectivity index (χ0v) is 11.3. The van der Waals surface area contributed by atoms with Crippen LogP contribution in [0.3, 0.4) is 0 Å². The summed E-state index contributed by atoms with van der Waals surface area (Å²) in [6.07, 6.45) is -1.01. The van der Waals surface area contributed by atoms with Gasteiger partial charge in [0.05, 0.1) is 18.8 Å². The summed E-state index contributed by atoms with van der Waals surface area (Å²) in [6.45, 7) is 3.36. The third-order valence-electron chi connectivity index (χ3n) is 3.98. The number of nitrogens with zero attached hydrogens (tertiary/aromatic N) is 1. The Morgan fingerprint density at radius 2 is 1.89 bits per heavy atom. The molecule has 3 N–H and O–H groups in total. The second kappa shape index (κ2) is 6.48. The summed E-state index contributed by atoms with van der Waals surface area (Å²) in [6, 6.07) is 10.1. The van der Waals surface area contributed by atoms with E-state index in [1.807, 2.05) is 18.2 Å². The number of benzene rings is 1. The van der Waals surface area contributed by atoms with Crippen LogP contribution in [-0.2, 0) is 0 Å². The lowest BCUT2D eigenvalue weighted by Gasteiger charge is -2.40. The lowest BCUT2D eigenvalue weighted by Crippen LogP contribution is -2.54. The molecule has 1 aliphatic rings. The van der Waals surface area contributed by atoms with E-state index in [2.05, 4.69) is 24.0 Å². The Balaban J connectivity index is 2.00. The van der Waals surface area contributed by atoms with Crippen LogP contribution in [0.5, 0.6) is 0 Å². The minimum Gasteiger partial charge on any atom is -0.395 e. The van der Waals surface area contributed by atoms with Crippen molar-refractivity contribution in [1.82, 2.24) is 4.90 Å². The van der Waals surface area contributed by atoms with Crippen molar-refractivity contribution in [2.75, 3.05) is 19.7 Å². The SMILES string of the molecule is CC(CN1C[C@H](O)C(O)C[C@@H]1CO)c1ccccc1. The summed E-state index contributed by atoms with van der Waals surface area (Å²) in [5, 5.41) is 28.8. The molecule has 4 nitrogen and oxygen atoms in total. The van der Waals surface area contributed by atoms with Crippen molar-refractivity contribution in [3.63, 3.8) is 0 Å². The van der Waals surface area contributed by atoms with Gasteiger partial charge in [-0.15, -0.1) is 0 Å². The molecule has 1 fully saturated rings. The zero-order valence-electron chi connectivity index (χ0n) is 11.3. The first-order valence-electron chi connectivity index (χ1n) is 6.87. The van der Waals surface area contributed by atoms with Crippen LogP contribution in [0.4, 0.5) is 0 Å². The largest absolute Gasteiger partial charge is 0.395 e. The van der Waals surface area contributed by atoms with E-state index in [4.69, 9.17) is 0 Å². The molecule has 0 aliphatic carbocycles. The molecule has 19 heavy (non-hydrogen) atoms. The van der Waals surface area contributed by atoms with Gasteiger partial charge >= 0.3 is 0 Å². The van der Waals surface area contributed by atoms with E-state index < -0.39 is 12.2 Å². The summed E-state index contributed by atoms with van der Waals surface area (Å²) in [5.74, 6) is 0.331. The van der Waals surface area contributed by atoms with Crippen molar-refractivity contribution in [3.05, 3.63) is 35.9 Å². The third kappa shape index (κ3) is 3.54. The van der Waals surface area contributed by atoms with E-state index in [9.17, 15) is 15.3 Å². The highest BCUT2D eigenvalue weighted by molar-refractivity contribution is 5.19. The Morgan fingerprint density at radius 1 is 1.21 bits per heavy atom. The van der Waals surface area contributed by atoms with Crippen molar-refractivity contribution in [3.8, 4) is 0 Å². The first kappa shape index (κ1) is 14.5. The summed E-state index contributed by atoms with van der Waals surface area (Å²) >= 11 is 0. The van der Waals surface area contributed by atoms with Crippen LogP contribution in [0.25, 0.3) is 0 Å². The van der Waals surface area contributed by atoms with Crippen LogP contribution in [-0.4, -0.2) is 58.2 Å². The molecule has 2 unspecified atom stereocenters. The third-order valence-corrected chi connectivity index (χ3v) is 3.98. The minimum absolute atomic E-state index is 0.0191. The highest BCUT2D eigenvalue weighted by Gasteiger charge is 2.33. The Morgan fingerprint density at radius 3 is 2.53 bits per heavy atom. The van der Waals surface area contributed by atoms with Gasteiger partial charge in [0, 0.05) is 19.1 Å². The van der Waals surface area contributed by atoms with Crippen molar-refractivity contribution >= 4 is 0 Å². The van der Waals surface area contributed by atoms with Crippen molar-refractivity contribution in [2.45, 2.75) is 37.5 Å². The molecule has 0 aromatic heterocycles. The number of β-amino-alcohol motifs (C(OH)–C–C–N with tert-alkyl or cyclic N) is 1. The molecule has 2 rings (SSSR count). The number of aliphatic hydroxyl groups is 3. The summed E-state index contributed by atoms with van der Waals surface area (Å²) in [4.78, 5) is 2.08. The summed E-state index contributed by atoms with van der Waals surface area (Å²) < 4.78 is 0. The first-order valence-corrected chi connectivity index (χ1v) is 6.87. The zero-order chi connectivity index (χ0) is 13.8. The molecule has 106 valence electrons. The first-order chi connectivity index (χ1) is 9.11. The molecule has 1 aromatic rings. The van der Waals surface area contributed by atoms with Gasteiger partial charge in [0.25, 0.3) is 0 Å². The lowest BCUT2D eigenvalue weighted by molar-refractivity contribution is -0.0718. The number of hydrogen-bond donors (Lipinski definition) is 3. The smallest absolute Gasteiger partial charge is 0.0926 e. The molecular weight excluding hydrogens is 242 g/mol. The summed E-state index contributed by atoms with van der Waals surface area (Å²) in [5.41, 5.74) is 1.25. The highest BCUT2D eigenvalue weighted by Crippen LogP contribution is 2.23. The van der Waals surface area contributed by atoms with Crippen LogP contribution < -0.4 is 0 Å². The Labute approximate surface area is 114 Å². The van der Waals surface area contributed by atoms with Gasteiger partial charge in [-0.25, -0.2) is 0 Å². The van der Waals surface area contributed by atoms with E-state index in [0.717, 1.165) is 6.54 Å². The molecule has 0 spiro atoms. The van der Waals surface area contributed by atoms with E-state index in [1.165, 1.54) is 5.56 Å². The van der Waals surface area contributed by atoms with Gasteiger partial charge in [0.15, 0.2) is 0 Å². The molecule has 4 heteroatoms. The minimum atomic E-state index is -0.722. The average Bonchev–Trinajstić information content (AvgIpc) is 2.43. The maximum Gasteiger partial charge on any atom is 0.0926 e. The molecule has 0 amide bonds. The monoisotopic (exact) mass is 265 g/mol. The van der Waals surface area contributed by atoms with Gasteiger partial charge in [-0.1, -0.05) is 37.3 Å². The fourth-order valence-corrected chi connectivity index (χ4v) is 2.75. The Bertz CT molecular complexity index is 384. The molecule has 1 saturated heterocycles. The molecule has 4 atom stereocenters. The predicted octanol–water partition coefficient (Wildman–Crippen LogP) is 0.578. The van der Waals surface area contributed by atoms with Gasteiger partial charge in [0.2, 0.25) is 0 Å². The Hall–Kier alpha value is -0.940.